The normalized spacial score (nSPS) is 15.8. The lowest BCUT2D eigenvalue weighted by Gasteiger charge is -2.30. The molecule has 0 saturated carbocycles. The number of benzene rings is 2. The van der Waals surface area contributed by atoms with E-state index in [0.29, 0.717) is 48.8 Å². The van der Waals surface area contributed by atoms with Crippen molar-refractivity contribution in [1.29, 1.82) is 0 Å². The summed E-state index contributed by atoms with van der Waals surface area (Å²) in [6.07, 6.45) is 2.31. The van der Waals surface area contributed by atoms with Crippen LogP contribution in [0.25, 0.3) is 0 Å². The molecule has 1 aliphatic heterocycles. The molecular formula is C21H25ClN2O4S. The van der Waals surface area contributed by atoms with Gasteiger partial charge in [0.25, 0.3) is 5.91 Å². The largest absolute Gasteiger partial charge is 0.489 e. The Morgan fingerprint density at radius 2 is 1.90 bits per heavy atom. The summed E-state index contributed by atoms with van der Waals surface area (Å²) in [5.41, 5.74) is 2.65. The minimum atomic E-state index is -3.17. The van der Waals surface area contributed by atoms with Crippen molar-refractivity contribution in [2.75, 3.05) is 19.3 Å². The number of carbonyl (C=O) groups is 1. The third kappa shape index (κ3) is 5.72. The van der Waals surface area contributed by atoms with E-state index in [1.54, 1.807) is 18.2 Å². The molecule has 1 aliphatic rings. The topological polar surface area (TPSA) is 75.7 Å². The van der Waals surface area contributed by atoms with E-state index in [2.05, 4.69) is 5.32 Å². The maximum atomic E-state index is 12.4. The van der Waals surface area contributed by atoms with Crippen molar-refractivity contribution in [3.63, 3.8) is 0 Å². The molecule has 8 heteroatoms. The molecule has 0 atom stereocenters. The van der Waals surface area contributed by atoms with Gasteiger partial charge in [0.15, 0.2) is 0 Å². The number of amides is 1. The zero-order valence-corrected chi connectivity index (χ0v) is 18.1. The molecule has 0 radical (unpaired) electrons. The van der Waals surface area contributed by atoms with Crippen molar-refractivity contribution in [3.8, 4) is 5.75 Å². The first-order valence-electron chi connectivity index (χ1n) is 9.48. The van der Waals surface area contributed by atoms with Crippen LogP contribution in [0.2, 0.25) is 5.02 Å². The van der Waals surface area contributed by atoms with Crippen molar-refractivity contribution < 1.29 is 17.9 Å². The molecular weight excluding hydrogens is 412 g/mol. The number of piperidine rings is 1. The molecule has 1 fully saturated rings. The van der Waals surface area contributed by atoms with Crippen LogP contribution in [-0.2, 0) is 16.6 Å². The van der Waals surface area contributed by atoms with Crippen LogP contribution in [0.3, 0.4) is 0 Å². The number of aryl methyl sites for hydroxylation is 1. The molecule has 3 rings (SSSR count). The van der Waals surface area contributed by atoms with E-state index >= 15 is 0 Å². The van der Waals surface area contributed by atoms with E-state index in [4.69, 9.17) is 16.3 Å². The van der Waals surface area contributed by atoms with E-state index in [1.807, 2.05) is 31.2 Å². The molecule has 0 aromatic heterocycles. The Bertz CT molecular complexity index is 986. The predicted molar refractivity (Wildman–Crippen MR) is 114 cm³/mol. The van der Waals surface area contributed by atoms with Gasteiger partial charge in [-0.25, -0.2) is 12.7 Å². The first-order chi connectivity index (χ1) is 13.7. The maximum Gasteiger partial charge on any atom is 0.251 e. The molecule has 0 unspecified atom stereocenters. The van der Waals surface area contributed by atoms with E-state index in [0.717, 1.165) is 11.1 Å². The number of carbonyl (C=O) groups excluding carboxylic acids is 1. The SMILES string of the molecule is Cc1ccccc1CNC(=O)c1ccc(OC2CCN(S(C)(=O)=O)CC2)c(Cl)c1. The van der Waals surface area contributed by atoms with Crippen LogP contribution in [0.1, 0.15) is 34.3 Å². The Hall–Kier alpha value is -2.09. The van der Waals surface area contributed by atoms with E-state index in [1.165, 1.54) is 10.6 Å². The number of sulfonamides is 1. The van der Waals surface area contributed by atoms with Gasteiger partial charge in [-0.1, -0.05) is 35.9 Å². The lowest BCUT2D eigenvalue weighted by molar-refractivity contribution is 0.0950. The molecule has 0 aliphatic carbocycles. The summed E-state index contributed by atoms with van der Waals surface area (Å²) in [7, 11) is -3.17. The summed E-state index contributed by atoms with van der Waals surface area (Å²) in [6.45, 7) is 3.31. The van der Waals surface area contributed by atoms with E-state index < -0.39 is 10.0 Å². The van der Waals surface area contributed by atoms with Crippen molar-refractivity contribution in [2.24, 2.45) is 0 Å². The fraction of sp³-hybridized carbons (Fsp3) is 0.381. The average molecular weight is 437 g/mol. The summed E-state index contributed by atoms with van der Waals surface area (Å²) < 4.78 is 30.6. The molecule has 0 bridgehead atoms. The monoisotopic (exact) mass is 436 g/mol. The highest BCUT2D eigenvalue weighted by Crippen LogP contribution is 2.29. The summed E-state index contributed by atoms with van der Waals surface area (Å²) in [4.78, 5) is 12.4. The quantitative estimate of drug-likeness (QED) is 0.753. The third-order valence-corrected chi connectivity index (χ3v) is 6.66. The van der Waals surface area contributed by atoms with Crippen LogP contribution in [0, 0.1) is 6.92 Å². The minimum absolute atomic E-state index is 0.105. The molecule has 29 heavy (non-hydrogen) atoms. The Morgan fingerprint density at radius 3 is 2.52 bits per heavy atom. The van der Waals surface area contributed by atoms with Gasteiger partial charge in [-0.2, -0.15) is 0 Å². The average Bonchev–Trinajstić information content (AvgIpc) is 2.68. The highest BCUT2D eigenvalue weighted by Gasteiger charge is 2.26. The van der Waals surface area contributed by atoms with Gasteiger partial charge in [0.05, 0.1) is 11.3 Å². The summed E-state index contributed by atoms with van der Waals surface area (Å²) in [5.74, 6) is 0.295. The molecule has 6 nitrogen and oxygen atoms in total. The third-order valence-electron chi connectivity index (χ3n) is 5.06. The Labute approximate surface area is 176 Å². The molecule has 0 spiro atoms. The molecule has 1 amide bonds. The summed E-state index contributed by atoms with van der Waals surface area (Å²) >= 11 is 6.33. The van der Waals surface area contributed by atoms with Gasteiger partial charge in [-0.15, -0.1) is 0 Å². The summed E-state index contributed by atoms with van der Waals surface area (Å²) in [6, 6.07) is 12.9. The molecule has 1 heterocycles. The van der Waals surface area contributed by atoms with Gasteiger partial charge in [-0.3, -0.25) is 4.79 Å². The Balaban J connectivity index is 1.57. The van der Waals surface area contributed by atoms with Gasteiger partial charge in [0.1, 0.15) is 11.9 Å². The highest BCUT2D eigenvalue weighted by molar-refractivity contribution is 7.88. The highest BCUT2D eigenvalue weighted by atomic mass is 35.5. The van der Waals surface area contributed by atoms with Crippen molar-refractivity contribution >= 4 is 27.5 Å². The van der Waals surface area contributed by atoms with Crippen molar-refractivity contribution in [1.82, 2.24) is 9.62 Å². The minimum Gasteiger partial charge on any atom is -0.489 e. The van der Waals surface area contributed by atoms with Crippen LogP contribution in [0.15, 0.2) is 42.5 Å². The van der Waals surface area contributed by atoms with Crippen LogP contribution in [0.5, 0.6) is 5.75 Å². The number of nitrogens with one attached hydrogen (secondary N) is 1. The Kier molecular flexibility index (Phi) is 6.82. The zero-order chi connectivity index (χ0) is 21.0. The van der Waals surface area contributed by atoms with Crippen LogP contribution in [0.4, 0.5) is 0 Å². The van der Waals surface area contributed by atoms with E-state index in [9.17, 15) is 13.2 Å². The smallest absolute Gasteiger partial charge is 0.251 e. The van der Waals surface area contributed by atoms with E-state index in [-0.39, 0.29) is 12.0 Å². The number of hydrogen-bond acceptors (Lipinski definition) is 4. The van der Waals surface area contributed by atoms with Crippen LogP contribution in [-0.4, -0.2) is 44.1 Å². The molecule has 156 valence electrons. The zero-order valence-electron chi connectivity index (χ0n) is 16.5. The molecule has 1 saturated heterocycles. The second-order valence-electron chi connectivity index (χ2n) is 7.23. The standard InChI is InChI=1S/C21H25ClN2O4S/c1-15-5-3-4-6-17(15)14-23-21(25)16-7-8-20(19(22)13-16)28-18-9-11-24(12-10-18)29(2,26)27/h3-8,13,18H,9-12,14H2,1-2H3,(H,23,25). The van der Waals surface area contributed by atoms with Crippen LogP contribution >= 0.6 is 11.6 Å². The lowest BCUT2D eigenvalue weighted by Crippen LogP contribution is -2.41. The molecule has 2 aromatic rings. The summed E-state index contributed by atoms with van der Waals surface area (Å²) in [5, 5.41) is 3.26. The molecule has 2 aromatic carbocycles. The Morgan fingerprint density at radius 1 is 1.21 bits per heavy atom. The fourth-order valence-electron chi connectivity index (χ4n) is 3.28. The number of ether oxygens (including phenoxy) is 1. The lowest BCUT2D eigenvalue weighted by atomic mass is 10.1. The van der Waals surface area contributed by atoms with Crippen molar-refractivity contribution in [3.05, 3.63) is 64.2 Å². The number of halogens is 1. The first kappa shape index (κ1) is 21.6. The number of rotatable bonds is 6. The van der Waals surface area contributed by atoms with Gasteiger partial charge < -0.3 is 10.1 Å². The second kappa shape index (κ2) is 9.15. The maximum absolute atomic E-state index is 12.4. The fourth-order valence-corrected chi connectivity index (χ4v) is 4.38. The number of nitrogens with zero attached hydrogens (tertiary/aromatic N) is 1. The molecule has 1 N–H and O–H groups in total. The van der Waals surface area contributed by atoms with Gasteiger partial charge in [0.2, 0.25) is 10.0 Å². The van der Waals surface area contributed by atoms with Gasteiger partial charge in [-0.05, 0) is 49.1 Å². The van der Waals surface area contributed by atoms with Crippen LogP contribution < -0.4 is 10.1 Å². The number of hydrogen-bond donors (Lipinski definition) is 1. The first-order valence-corrected chi connectivity index (χ1v) is 11.7. The predicted octanol–water partition coefficient (Wildman–Crippen LogP) is 3.38. The van der Waals surface area contributed by atoms with Crippen molar-refractivity contribution in [2.45, 2.75) is 32.4 Å². The van der Waals surface area contributed by atoms with Gasteiger partial charge >= 0.3 is 0 Å². The second-order valence-corrected chi connectivity index (χ2v) is 9.62. The van der Waals surface area contributed by atoms with Gasteiger partial charge in [0, 0.05) is 25.2 Å².